The van der Waals surface area contributed by atoms with E-state index in [0.717, 1.165) is 24.9 Å². The Bertz CT molecular complexity index is 421. The van der Waals surface area contributed by atoms with E-state index in [9.17, 15) is 9.46 Å². The second-order valence-corrected chi connectivity index (χ2v) is 5.73. The lowest BCUT2D eigenvalue weighted by molar-refractivity contribution is 0.374. The third-order valence-electron chi connectivity index (χ3n) is 2.64. The highest BCUT2D eigenvalue weighted by atomic mass is 31.2. The Morgan fingerprint density at radius 1 is 1.50 bits per heavy atom. The number of benzene rings is 1. The van der Waals surface area contributed by atoms with Crippen LogP contribution in [0.4, 0.5) is 0 Å². The minimum Gasteiger partial charge on any atom is -0.423 e. The maximum absolute atomic E-state index is 11.9. The predicted molar refractivity (Wildman–Crippen MR) is 62.5 cm³/mol. The first kappa shape index (κ1) is 11.6. The van der Waals surface area contributed by atoms with E-state index in [1.165, 1.54) is 0 Å². The number of hydrogen-bond acceptors (Lipinski definition) is 3. The Hall–Kier alpha value is -0.830. The van der Waals surface area contributed by atoms with E-state index in [1.54, 1.807) is 12.1 Å². The maximum atomic E-state index is 11.9. The SMILES string of the molecule is CCCCNC1c2ccccc2OP1(=O)O. The van der Waals surface area contributed by atoms with Crippen LogP contribution in [0.3, 0.4) is 0 Å². The molecule has 1 aromatic rings. The maximum Gasteiger partial charge on any atom is 0.398 e. The molecule has 0 saturated heterocycles. The second kappa shape index (κ2) is 4.58. The van der Waals surface area contributed by atoms with E-state index in [2.05, 4.69) is 12.2 Å². The topological polar surface area (TPSA) is 58.6 Å². The quantitative estimate of drug-likeness (QED) is 0.628. The number of para-hydroxylation sites is 1. The molecule has 0 amide bonds. The van der Waals surface area contributed by atoms with Crippen molar-refractivity contribution < 1.29 is 14.0 Å². The Morgan fingerprint density at radius 3 is 3.00 bits per heavy atom. The van der Waals surface area contributed by atoms with Crippen LogP contribution in [0, 0.1) is 0 Å². The summed E-state index contributed by atoms with van der Waals surface area (Å²) in [5.41, 5.74) is 0.782. The van der Waals surface area contributed by atoms with Crippen molar-refractivity contribution in [2.75, 3.05) is 6.54 Å². The Balaban J connectivity index is 2.18. The fourth-order valence-electron chi connectivity index (χ4n) is 1.80. The average Bonchev–Trinajstić information content (AvgIpc) is 2.50. The van der Waals surface area contributed by atoms with Gasteiger partial charge in [0.05, 0.1) is 0 Å². The molecule has 4 nitrogen and oxygen atoms in total. The van der Waals surface area contributed by atoms with Crippen LogP contribution in [-0.2, 0) is 4.57 Å². The second-order valence-electron chi connectivity index (χ2n) is 3.90. The minimum atomic E-state index is -3.59. The summed E-state index contributed by atoms with van der Waals surface area (Å²) in [7, 11) is -3.59. The first-order chi connectivity index (χ1) is 7.65. The van der Waals surface area contributed by atoms with E-state index in [4.69, 9.17) is 4.52 Å². The highest BCUT2D eigenvalue weighted by Crippen LogP contribution is 2.62. The first-order valence-corrected chi connectivity index (χ1v) is 7.14. The van der Waals surface area contributed by atoms with Crippen LogP contribution >= 0.6 is 7.60 Å². The van der Waals surface area contributed by atoms with Crippen LogP contribution in [0.1, 0.15) is 31.1 Å². The van der Waals surface area contributed by atoms with Crippen molar-refractivity contribution in [3.05, 3.63) is 29.8 Å². The molecule has 1 aliphatic heterocycles. The molecule has 1 aliphatic rings. The lowest BCUT2D eigenvalue weighted by Crippen LogP contribution is -2.20. The van der Waals surface area contributed by atoms with Gasteiger partial charge >= 0.3 is 7.60 Å². The van der Waals surface area contributed by atoms with Crippen molar-refractivity contribution in [2.45, 2.75) is 25.5 Å². The lowest BCUT2D eigenvalue weighted by atomic mass is 10.2. The molecule has 0 spiro atoms. The van der Waals surface area contributed by atoms with Crippen LogP contribution < -0.4 is 9.84 Å². The van der Waals surface area contributed by atoms with E-state index < -0.39 is 13.4 Å². The number of unbranched alkanes of at least 4 members (excludes halogenated alkanes) is 1. The zero-order chi connectivity index (χ0) is 11.6. The highest BCUT2D eigenvalue weighted by Gasteiger charge is 2.42. The zero-order valence-corrected chi connectivity index (χ0v) is 10.1. The molecule has 2 unspecified atom stereocenters. The number of rotatable bonds is 4. The van der Waals surface area contributed by atoms with E-state index in [-0.39, 0.29) is 0 Å². The van der Waals surface area contributed by atoms with Gasteiger partial charge in [-0.25, -0.2) is 4.57 Å². The molecule has 5 heteroatoms. The molecular formula is C11H16NO3P. The fourth-order valence-corrected chi connectivity index (χ4v) is 3.28. The molecule has 0 fully saturated rings. The standard InChI is InChI=1S/C11H16NO3P/c1-2-3-8-12-11-9-6-4-5-7-10(9)15-16(11,13)14/h4-7,11-12H,2-3,8H2,1H3,(H,13,14). The molecule has 0 radical (unpaired) electrons. The van der Waals surface area contributed by atoms with Crippen LogP contribution in [-0.4, -0.2) is 11.4 Å². The van der Waals surface area contributed by atoms with E-state index >= 15 is 0 Å². The monoisotopic (exact) mass is 241 g/mol. The third-order valence-corrected chi connectivity index (χ3v) is 4.21. The van der Waals surface area contributed by atoms with Crippen LogP contribution in [0.5, 0.6) is 5.75 Å². The van der Waals surface area contributed by atoms with Crippen LogP contribution in [0.25, 0.3) is 0 Å². The van der Waals surface area contributed by atoms with Crippen LogP contribution in [0.2, 0.25) is 0 Å². The minimum absolute atomic E-state index is 0.516. The van der Waals surface area contributed by atoms with Crippen molar-refractivity contribution >= 4 is 7.60 Å². The van der Waals surface area contributed by atoms with E-state index in [1.807, 2.05) is 12.1 Å². The molecule has 2 N–H and O–H groups in total. The van der Waals surface area contributed by atoms with Crippen molar-refractivity contribution in [2.24, 2.45) is 0 Å². The molecule has 2 atom stereocenters. The summed E-state index contributed by atoms with van der Waals surface area (Å²) >= 11 is 0. The molecule has 88 valence electrons. The van der Waals surface area contributed by atoms with Gasteiger partial charge < -0.3 is 9.42 Å². The number of nitrogens with one attached hydrogen (secondary N) is 1. The van der Waals surface area contributed by atoms with E-state index in [0.29, 0.717) is 5.75 Å². The molecule has 1 heterocycles. The summed E-state index contributed by atoms with van der Waals surface area (Å²) in [6.45, 7) is 2.81. The van der Waals surface area contributed by atoms with Crippen molar-refractivity contribution in [3.8, 4) is 5.75 Å². The molecule has 0 aromatic heterocycles. The zero-order valence-electron chi connectivity index (χ0n) is 9.22. The van der Waals surface area contributed by atoms with Gasteiger partial charge in [-0.1, -0.05) is 31.5 Å². The van der Waals surface area contributed by atoms with Gasteiger partial charge in [-0.15, -0.1) is 0 Å². The van der Waals surface area contributed by atoms with Crippen molar-refractivity contribution in [1.29, 1.82) is 0 Å². The lowest BCUT2D eigenvalue weighted by Gasteiger charge is -2.14. The summed E-state index contributed by atoms with van der Waals surface area (Å²) < 4.78 is 17.0. The Kier molecular flexibility index (Phi) is 3.33. The van der Waals surface area contributed by atoms with Gasteiger partial charge in [-0.2, -0.15) is 0 Å². The van der Waals surface area contributed by atoms with Gasteiger partial charge in [0.1, 0.15) is 5.75 Å². The molecule has 16 heavy (non-hydrogen) atoms. The number of fused-ring (bicyclic) bond motifs is 1. The third kappa shape index (κ3) is 2.14. The van der Waals surface area contributed by atoms with Gasteiger partial charge in [-0.05, 0) is 19.0 Å². The smallest absolute Gasteiger partial charge is 0.398 e. The van der Waals surface area contributed by atoms with Crippen LogP contribution in [0.15, 0.2) is 24.3 Å². The van der Waals surface area contributed by atoms with Gasteiger partial charge in [0, 0.05) is 5.56 Å². The molecule has 0 bridgehead atoms. The van der Waals surface area contributed by atoms with Gasteiger partial charge in [-0.3, -0.25) is 5.32 Å². The molecular weight excluding hydrogens is 225 g/mol. The first-order valence-electron chi connectivity index (χ1n) is 5.49. The van der Waals surface area contributed by atoms with Crippen molar-refractivity contribution in [1.82, 2.24) is 5.32 Å². The summed E-state index contributed by atoms with van der Waals surface area (Å²) in [5, 5.41) is 3.09. The average molecular weight is 241 g/mol. The summed E-state index contributed by atoms with van der Waals surface area (Å²) in [5.74, 6) is -0.0578. The normalized spacial score (nSPS) is 27.5. The van der Waals surface area contributed by atoms with Gasteiger partial charge in [0.2, 0.25) is 0 Å². The summed E-state index contributed by atoms with van der Waals surface area (Å²) in [6, 6.07) is 7.20. The Labute approximate surface area is 95.2 Å². The van der Waals surface area contributed by atoms with Crippen molar-refractivity contribution in [3.63, 3.8) is 0 Å². The van der Waals surface area contributed by atoms with Gasteiger partial charge in [0.15, 0.2) is 5.78 Å². The Morgan fingerprint density at radius 2 is 2.25 bits per heavy atom. The molecule has 1 aromatic carbocycles. The largest absolute Gasteiger partial charge is 0.423 e. The van der Waals surface area contributed by atoms with Gasteiger partial charge in [0.25, 0.3) is 0 Å². The summed E-state index contributed by atoms with van der Waals surface area (Å²) in [6.07, 6.45) is 2.04. The molecule has 0 aliphatic carbocycles. The fraction of sp³-hybridized carbons (Fsp3) is 0.455. The molecule has 2 rings (SSSR count). The summed E-state index contributed by atoms with van der Waals surface area (Å²) in [4.78, 5) is 9.75. The number of hydrogen-bond donors (Lipinski definition) is 2. The molecule has 0 saturated carbocycles. The predicted octanol–water partition coefficient (Wildman–Crippen LogP) is 2.65. The highest BCUT2D eigenvalue weighted by molar-refractivity contribution is 7.54.